The quantitative estimate of drug-likeness (QED) is 0.645. The smallest absolute Gasteiger partial charge is 0.253 e. The summed E-state index contributed by atoms with van der Waals surface area (Å²) in [6.07, 6.45) is 0. The van der Waals surface area contributed by atoms with Gasteiger partial charge in [-0.3, -0.25) is 4.79 Å². The van der Waals surface area contributed by atoms with Crippen LogP contribution >= 0.6 is 12.2 Å². The molecular formula is C9H8N2OS. The zero-order valence-corrected chi connectivity index (χ0v) is 7.60. The monoisotopic (exact) mass is 192 g/mol. The maximum absolute atomic E-state index is 11.3. The summed E-state index contributed by atoms with van der Waals surface area (Å²) in [7, 11) is 0. The average molecular weight is 192 g/mol. The lowest BCUT2D eigenvalue weighted by molar-refractivity contribution is -0.120. The minimum absolute atomic E-state index is 0.0869. The van der Waals surface area contributed by atoms with E-state index < -0.39 is 0 Å². The van der Waals surface area contributed by atoms with Crippen LogP contribution in [0.25, 0.3) is 0 Å². The van der Waals surface area contributed by atoms with E-state index in [-0.39, 0.29) is 11.9 Å². The Labute approximate surface area is 81.1 Å². The van der Waals surface area contributed by atoms with Gasteiger partial charge in [-0.05, 0) is 17.8 Å². The Hall–Kier alpha value is -1.42. The van der Waals surface area contributed by atoms with Gasteiger partial charge in [0.25, 0.3) is 5.91 Å². The zero-order chi connectivity index (χ0) is 9.26. The molecule has 1 atom stereocenters. The Bertz CT molecular complexity index is 350. The first kappa shape index (κ1) is 8.19. The molecule has 1 aliphatic heterocycles. The number of rotatable bonds is 1. The van der Waals surface area contributed by atoms with Crippen molar-refractivity contribution in [1.82, 2.24) is 10.6 Å². The second-order valence-corrected chi connectivity index (χ2v) is 3.21. The van der Waals surface area contributed by atoms with Crippen LogP contribution in [0.5, 0.6) is 0 Å². The van der Waals surface area contributed by atoms with Crippen LogP contribution in [0.4, 0.5) is 0 Å². The van der Waals surface area contributed by atoms with Crippen molar-refractivity contribution < 1.29 is 4.79 Å². The molecule has 1 aliphatic rings. The van der Waals surface area contributed by atoms with Crippen molar-refractivity contribution in [3.05, 3.63) is 35.9 Å². The van der Waals surface area contributed by atoms with Crippen molar-refractivity contribution >= 4 is 23.2 Å². The summed E-state index contributed by atoms with van der Waals surface area (Å²) in [4.78, 5) is 11.3. The molecule has 66 valence electrons. The van der Waals surface area contributed by atoms with E-state index in [0.717, 1.165) is 5.56 Å². The third-order valence-corrected chi connectivity index (χ3v) is 2.13. The summed E-state index contributed by atoms with van der Waals surface area (Å²) in [5, 5.41) is 5.84. The highest BCUT2D eigenvalue weighted by Crippen LogP contribution is 2.15. The third kappa shape index (κ3) is 1.53. The minimum Gasteiger partial charge on any atom is -0.347 e. The minimum atomic E-state index is -0.325. The van der Waals surface area contributed by atoms with Gasteiger partial charge < -0.3 is 10.6 Å². The molecule has 4 heteroatoms. The summed E-state index contributed by atoms with van der Waals surface area (Å²) in [5.74, 6) is -0.0869. The molecule has 1 amide bonds. The first-order valence-electron chi connectivity index (χ1n) is 3.93. The fourth-order valence-electron chi connectivity index (χ4n) is 1.30. The molecule has 1 heterocycles. The molecule has 0 aromatic heterocycles. The van der Waals surface area contributed by atoms with Gasteiger partial charge in [0.15, 0.2) is 5.11 Å². The first-order chi connectivity index (χ1) is 6.27. The Morgan fingerprint density at radius 1 is 1.23 bits per heavy atom. The van der Waals surface area contributed by atoms with Crippen molar-refractivity contribution in [2.24, 2.45) is 0 Å². The standard InChI is InChI=1S/C9H8N2OS/c12-8-7(10-9(13)11-8)6-4-2-1-3-5-6/h1-5,7H,(H2,10,11,12,13)/t7-/m1/s1. The van der Waals surface area contributed by atoms with Crippen molar-refractivity contribution in [3.8, 4) is 0 Å². The fourth-order valence-corrected chi connectivity index (χ4v) is 1.52. The van der Waals surface area contributed by atoms with Crippen LogP contribution in [0.1, 0.15) is 11.6 Å². The van der Waals surface area contributed by atoms with Gasteiger partial charge in [-0.25, -0.2) is 0 Å². The SMILES string of the molecule is O=C1NC(=S)N[C@@H]1c1ccccc1. The van der Waals surface area contributed by atoms with Crippen LogP contribution < -0.4 is 10.6 Å². The van der Waals surface area contributed by atoms with Crippen molar-refractivity contribution in [1.29, 1.82) is 0 Å². The normalized spacial score (nSPS) is 21.1. The molecule has 2 N–H and O–H groups in total. The highest BCUT2D eigenvalue weighted by atomic mass is 32.1. The molecule has 1 aromatic rings. The number of amides is 1. The van der Waals surface area contributed by atoms with Crippen molar-refractivity contribution in [2.75, 3.05) is 0 Å². The van der Waals surface area contributed by atoms with Crippen LogP contribution in [-0.2, 0) is 4.79 Å². The van der Waals surface area contributed by atoms with E-state index in [2.05, 4.69) is 10.6 Å². The second kappa shape index (κ2) is 3.14. The molecule has 2 rings (SSSR count). The molecule has 1 fully saturated rings. The van der Waals surface area contributed by atoms with Crippen molar-refractivity contribution in [3.63, 3.8) is 0 Å². The highest BCUT2D eigenvalue weighted by molar-refractivity contribution is 7.80. The molecule has 1 aromatic carbocycles. The first-order valence-corrected chi connectivity index (χ1v) is 4.34. The average Bonchev–Trinajstić information content (AvgIpc) is 2.47. The number of benzene rings is 1. The van der Waals surface area contributed by atoms with Crippen molar-refractivity contribution in [2.45, 2.75) is 6.04 Å². The van der Waals surface area contributed by atoms with Gasteiger partial charge in [0.2, 0.25) is 0 Å². The zero-order valence-electron chi connectivity index (χ0n) is 6.78. The molecule has 3 nitrogen and oxygen atoms in total. The molecule has 0 unspecified atom stereocenters. The lowest BCUT2D eigenvalue weighted by atomic mass is 10.1. The van der Waals surface area contributed by atoms with Gasteiger partial charge in [-0.2, -0.15) is 0 Å². The molecule has 0 radical (unpaired) electrons. The van der Waals surface area contributed by atoms with Gasteiger partial charge in [0.1, 0.15) is 6.04 Å². The van der Waals surface area contributed by atoms with E-state index in [9.17, 15) is 4.79 Å². The second-order valence-electron chi connectivity index (χ2n) is 2.81. The van der Waals surface area contributed by atoms with E-state index in [1.54, 1.807) is 0 Å². The number of carbonyl (C=O) groups is 1. The number of nitrogens with one attached hydrogen (secondary N) is 2. The number of carbonyl (C=O) groups excluding carboxylic acids is 1. The van der Waals surface area contributed by atoms with E-state index in [1.807, 2.05) is 30.3 Å². The third-order valence-electron chi connectivity index (χ3n) is 1.91. The maximum atomic E-state index is 11.3. The van der Waals surface area contributed by atoms with Gasteiger partial charge >= 0.3 is 0 Å². The topological polar surface area (TPSA) is 41.1 Å². The van der Waals surface area contributed by atoms with Gasteiger partial charge in [0, 0.05) is 0 Å². The highest BCUT2D eigenvalue weighted by Gasteiger charge is 2.27. The maximum Gasteiger partial charge on any atom is 0.253 e. The summed E-state index contributed by atoms with van der Waals surface area (Å²) >= 11 is 4.83. The van der Waals surface area contributed by atoms with Gasteiger partial charge in [-0.15, -0.1) is 0 Å². The van der Waals surface area contributed by atoms with Crippen LogP contribution in [0.2, 0.25) is 0 Å². The lowest BCUT2D eigenvalue weighted by Gasteiger charge is -2.06. The van der Waals surface area contributed by atoms with E-state index >= 15 is 0 Å². The molecule has 0 saturated carbocycles. The summed E-state index contributed by atoms with van der Waals surface area (Å²) < 4.78 is 0. The molecule has 0 spiro atoms. The summed E-state index contributed by atoms with van der Waals surface area (Å²) in [6, 6.07) is 9.16. The molecule has 0 aliphatic carbocycles. The van der Waals surface area contributed by atoms with E-state index in [4.69, 9.17) is 12.2 Å². The lowest BCUT2D eigenvalue weighted by Crippen LogP contribution is -2.21. The van der Waals surface area contributed by atoms with E-state index in [0.29, 0.717) is 5.11 Å². The molecule has 0 bridgehead atoms. The Morgan fingerprint density at radius 2 is 1.92 bits per heavy atom. The fraction of sp³-hybridized carbons (Fsp3) is 0.111. The predicted molar refractivity (Wildman–Crippen MR) is 53.1 cm³/mol. The van der Waals surface area contributed by atoms with Gasteiger partial charge in [0.05, 0.1) is 0 Å². The van der Waals surface area contributed by atoms with Crippen LogP contribution in [0.3, 0.4) is 0 Å². The Morgan fingerprint density at radius 3 is 2.46 bits per heavy atom. The largest absolute Gasteiger partial charge is 0.347 e. The number of thiocarbonyl (C=S) groups is 1. The van der Waals surface area contributed by atoms with E-state index in [1.165, 1.54) is 0 Å². The van der Waals surface area contributed by atoms with Gasteiger partial charge in [-0.1, -0.05) is 30.3 Å². The number of hydrogen-bond donors (Lipinski definition) is 2. The summed E-state index contributed by atoms with van der Waals surface area (Å²) in [6.45, 7) is 0. The molecular weight excluding hydrogens is 184 g/mol. The molecule has 13 heavy (non-hydrogen) atoms. The Kier molecular flexibility index (Phi) is 1.98. The predicted octanol–water partition coefficient (Wildman–Crippen LogP) is 0.732. The van der Waals surface area contributed by atoms with Crippen LogP contribution in [0, 0.1) is 0 Å². The summed E-state index contributed by atoms with van der Waals surface area (Å²) in [5.41, 5.74) is 0.930. The molecule has 1 saturated heterocycles. The number of hydrogen-bond acceptors (Lipinski definition) is 2. The van der Waals surface area contributed by atoms with Crippen LogP contribution in [0.15, 0.2) is 30.3 Å². The Balaban J connectivity index is 2.28. The van der Waals surface area contributed by atoms with Crippen LogP contribution in [-0.4, -0.2) is 11.0 Å².